The minimum atomic E-state index is -0.725. The molecule has 2 nitrogen and oxygen atoms in total. The first kappa shape index (κ1) is 13.4. The first-order valence-corrected chi connectivity index (χ1v) is 5.90. The summed E-state index contributed by atoms with van der Waals surface area (Å²) in [5.41, 5.74) is 6.49. The average Bonchev–Trinajstić information content (AvgIpc) is 2.42. The molecule has 4 heteroatoms. The van der Waals surface area contributed by atoms with Crippen LogP contribution in [-0.4, -0.2) is 12.3 Å². The third kappa shape index (κ3) is 3.03. The van der Waals surface area contributed by atoms with Crippen LogP contribution in [-0.2, 0) is 6.42 Å². The van der Waals surface area contributed by atoms with Gasteiger partial charge in [-0.1, -0.05) is 24.3 Å². The van der Waals surface area contributed by atoms with E-state index in [0.29, 0.717) is 18.5 Å². The van der Waals surface area contributed by atoms with Gasteiger partial charge < -0.3 is 5.73 Å². The van der Waals surface area contributed by atoms with E-state index in [4.69, 9.17) is 5.73 Å². The summed E-state index contributed by atoms with van der Waals surface area (Å²) in [4.78, 5) is 12.1. The molecule has 0 bridgehead atoms. The van der Waals surface area contributed by atoms with Crippen LogP contribution in [0.15, 0.2) is 42.5 Å². The molecule has 0 atom stereocenters. The first-order valence-electron chi connectivity index (χ1n) is 5.90. The number of carbonyl (C=O) groups excluding carboxylic acids is 1. The molecule has 2 N–H and O–H groups in total. The van der Waals surface area contributed by atoms with Gasteiger partial charge in [-0.15, -0.1) is 0 Å². The Bertz CT molecular complexity index is 594. The van der Waals surface area contributed by atoms with Crippen LogP contribution in [0, 0.1) is 11.6 Å². The summed E-state index contributed by atoms with van der Waals surface area (Å²) in [5.74, 6) is -1.89. The van der Waals surface area contributed by atoms with Crippen molar-refractivity contribution in [1.29, 1.82) is 0 Å². The molecule has 0 saturated carbocycles. The minimum absolute atomic E-state index is 0.258. The zero-order chi connectivity index (χ0) is 13.8. The third-order valence-corrected chi connectivity index (χ3v) is 2.82. The van der Waals surface area contributed by atoms with Gasteiger partial charge in [0, 0.05) is 5.56 Å². The largest absolute Gasteiger partial charge is 0.330 e. The highest BCUT2D eigenvalue weighted by Crippen LogP contribution is 2.16. The second kappa shape index (κ2) is 5.71. The van der Waals surface area contributed by atoms with Crippen LogP contribution >= 0.6 is 0 Å². The molecule has 0 aromatic heterocycles. The van der Waals surface area contributed by atoms with Crippen molar-refractivity contribution in [2.75, 3.05) is 6.54 Å². The molecule has 0 saturated heterocycles. The summed E-state index contributed by atoms with van der Waals surface area (Å²) in [7, 11) is 0. The molecule has 98 valence electrons. The molecule has 0 radical (unpaired) electrons. The van der Waals surface area contributed by atoms with Gasteiger partial charge in [-0.3, -0.25) is 4.79 Å². The van der Waals surface area contributed by atoms with E-state index < -0.39 is 17.4 Å². The smallest absolute Gasteiger partial charge is 0.196 e. The maximum Gasteiger partial charge on any atom is 0.196 e. The fraction of sp³-hybridized carbons (Fsp3) is 0.133. The van der Waals surface area contributed by atoms with Crippen molar-refractivity contribution in [3.05, 3.63) is 70.8 Å². The van der Waals surface area contributed by atoms with Crippen molar-refractivity contribution in [3.63, 3.8) is 0 Å². The van der Waals surface area contributed by atoms with Crippen LogP contribution in [0.25, 0.3) is 0 Å². The standard InChI is InChI=1S/C15H13F2NO/c16-12-5-6-14(17)13(9-12)15(19)11-3-1-10(2-4-11)7-8-18/h1-6,9H,7-8,18H2. The highest BCUT2D eigenvalue weighted by molar-refractivity contribution is 6.09. The van der Waals surface area contributed by atoms with Crippen LogP contribution in [0.4, 0.5) is 8.78 Å². The Morgan fingerprint density at radius 1 is 1.05 bits per heavy atom. The summed E-state index contributed by atoms with van der Waals surface area (Å²) >= 11 is 0. The molecule has 19 heavy (non-hydrogen) atoms. The highest BCUT2D eigenvalue weighted by Gasteiger charge is 2.14. The van der Waals surface area contributed by atoms with Crippen molar-refractivity contribution in [2.45, 2.75) is 6.42 Å². The average molecular weight is 261 g/mol. The van der Waals surface area contributed by atoms with Gasteiger partial charge in [-0.25, -0.2) is 8.78 Å². The summed E-state index contributed by atoms with van der Waals surface area (Å²) in [6.07, 6.45) is 0.711. The number of halogens is 2. The Balaban J connectivity index is 2.30. The predicted octanol–water partition coefficient (Wildman–Crippen LogP) is 2.70. The maximum absolute atomic E-state index is 13.5. The van der Waals surface area contributed by atoms with Gasteiger partial charge in [-0.2, -0.15) is 0 Å². The summed E-state index contributed by atoms with van der Waals surface area (Å²) in [6.45, 7) is 0.520. The van der Waals surface area contributed by atoms with Crippen LogP contribution in [0.5, 0.6) is 0 Å². The molecular weight excluding hydrogens is 248 g/mol. The molecule has 2 aromatic carbocycles. The normalized spacial score (nSPS) is 10.5. The SMILES string of the molecule is NCCc1ccc(C(=O)c2cc(F)ccc2F)cc1. The zero-order valence-corrected chi connectivity index (χ0v) is 10.2. The lowest BCUT2D eigenvalue weighted by Gasteiger charge is -2.04. The second-order valence-electron chi connectivity index (χ2n) is 4.19. The van der Waals surface area contributed by atoms with E-state index in [-0.39, 0.29) is 5.56 Å². The van der Waals surface area contributed by atoms with Crippen molar-refractivity contribution in [3.8, 4) is 0 Å². The fourth-order valence-corrected chi connectivity index (χ4v) is 1.82. The van der Waals surface area contributed by atoms with Gasteiger partial charge >= 0.3 is 0 Å². The molecule has 0 aliphatic rings. The number of nitrogens with two attached hydrogens (primary N) is 1. The Hall–Kier alpha value is -2.07. The van der Waals surface area contributed by atoms with Crippen LogP contribution < -0.4 is 5.73 Å². The van der Waals surface area contributed by atoms with Crippen LogP contribution in [0.2, 0.25) is 0 Å². The molecule has 0 aliphatic carbocycles. The molecular formula is C15H13F2NO. The third-order valence-electron chi connectivity index (χ3n) is 2.82. The van der Waals surface area contributed by atoms with E-state index in [0.717, 1.165) is 23.8 Å². The van der Waals surface area contributed by atoms with Crippen molar-refractivity contribution in [1.82, 2.24) is 0 Å². The summed E-state index contributed by atoms with van der Waals surface area (Å²) < 4.78 is 26.6. The number of ketones is 1. The predicted molar refractivity (Wildman–Crippen MR) is 69.0 cm³/mol. The van der Waals surface area contributed by atoms with Gasteiger partial charge in [0.15, 0.2) is 5.78 Å². The lowest BCUT2D eigenvalue weighted by molar-refractivity contribution is 0.103. The van der Waals surface area contributed by atoms with Crippen LogP contribution in [0.3, 0.4) is 0 Å². The van der Waals surface area contributed by atoms with Gasteiger partial charge in [-0.05, 0) is 36.7 Å². The number of benzene rings is 2. The fourth-order valence-electron chi connectivity index (χ4n) is 1.82. The van der Waals surface area contributed by atoms with E-state index in [1.165, 1.54) is 0 Å². The Kier molecular flexibility index (Phi) is 4.02. The van der Waals surface area contributed by atoms with E-state index in [9.17, 15) is 13.6 Å². The quantitative estimate of drug-likeness (QED) is 0.860. The highest BCUT2D eigenvalue weighted by atomic mass is 19.1. The molecule has 2 aromatic rings. The molecule has 0 unspecified atom stereocenters. The monoisotopic (exact) mass is 261 g/mol. The Morgan fingerprint density at radius 2 is 1.74 bits per heavy atom. The van der Waals surface area contributed by atoms with E-state index in [1.807, 2.05) is 0 Å². The number of hydrogen-bond acceptors (Lipinski definition) is 2. The van der Waals surface area contributed by atoms with Crippen molar-refractivity contribution >= 4 is 5.78 Å². The van der Waals surface area contributed by atoms with E-state index in [2.05, 4.69) is 0 Å². The van der Waals surface area contributed by atoms with Crippen molar-refractivity contribution < 1.29 is 13.6 Å². The Labute approximate surface area is 109 Å². The first-order chi connectivity index (χ1) is 9.11. The zero-order valence-electron chi connectivity index (χ0n) is 10.2. The molecule has 2 rings (SSSR count). The topological polar surface area (TPSA) is 43.1 Å². The maximum atomic E-state index is 13.5. The number of rotatable bonds is 4. The summed E-state index contributed by atoms with van der Waals surface area (Å²) in [6, 6.07) is 9.55. The second-order valence-corrected chi connectivity index (χ2v) is 4.19. The molecule has 0 aliphatic heterocycles. The lowest BCUT2D eigenvalue weighted by atomic mass is 10.0. The van der Waals surface area contributed by atoms with Gasteiger partial charge in [0.05, 0.1) is 5.56 Å². The molecule has 0 heterocycles. The molecule has 0 spiro atoms. The lowest BCUT2D eigenvalue weighted by Crippen LogP contribution is -2.06. The van der Waals surface area contributed by atoms with Gasteiger partial charge in [0.2, 0.25) is 0 Å². The van der Waals surface area contributed by atoms with Gasteiger partial charge in [0.1, 0.15) is 11.6 Å². The van der Waals surface area contributed by atoms with Crippen LogP contribution in [0.1, 0.15) is 21.5 Å². The number of carbonyl (C=O) groups is 1. The summed E-state index contributed by atoms with van der Waals surface area (Å²) in [5, 5.41) is 0. The van der Waals surface area contributed by atoms with E-state index >= 15 is 0 Å². The minimum Gasteiger partial charge on any atom is -0.330 e. The number of hydrogen-bond donors (Lipinski definition) is 1. The van der Waals surface area contributed by atoms with E-state index in [1.54, 1.807) is 24.3 Å². The molecule has 0 fully saturated rings. The Morgan fingerprint density at radius 3 is 2.37 bits per heavy atom. The van der Waals surface area contributed by atoms with Crippen molar-refractivity contribution in [2.24, 2.45) is 5.73 Å². The molecule has 0 amide bonds. The van der Waals surface area contributed by atoms with Gasteiger partial charge in [0.25, 0.3) is 0 Å².